The molecule has 1 amide bonds. The number of aliphatic hydroxyl groups is 2. The minimum absolute atomic E-state index is 0.259. The van der Waals surface area contributed by atoms with Crippen molar-refractivity contribution < 1.29 is 19.4 Å². The molecule has 1 aromatic carbocycles. The van der Waals surface area contributed by atoms with Crippen molar-refractivity contribution in [1.29, 1.82) is 0 Å². The summed E-state index contributed by atoms with van der Waals surface area (Å²) in [7, 11) is 0. The van der Waals surface area contributed by atoms with Crippen LogP contribution in [0, 0.1) is 11.2 Å². The Labute approximate surface area is 142 Å². The molecule has 25 heavy (non-hydrogen) atoms. The molecule has 0 spiro atoms. The average Bonchev–Trinajstić information content (AvgIpc) is 3.33. The van der Waals surface area contributed by atoms with E-state index >= 15 is 0 Å². The van der Waals surface area contributed by atoms with Gasteiger partial charge < -0.3 is 15.5 Å². The number of carbonyl (C=O) groups is 1. The fourth-order valence-corrected chi connectivity index (χ4v) is 2.43. The molecule has 1 aliphatic rings. The zero-order valence-electron chi connectivity index (χ0n) is 13.1. The van der Waals surface area contributed by atoms with Gasteiger partial charge in [0.15, 0.2) is 11.6 Å². The summed E-state index contributed by atoms with van der Waals surface area (Å²) in [6.45, 7) is -0.517. The Morgan fingerprint density at radius 2 is 2.00 bits per heavy atom. The van der Waals surface area contributed by atoms with Gasteiger partial charge in [0.05, 0.1) is 19.4 Å². The minimum atomic E-state index is -0.875. The topological polar surface area (TPSA) is 104 Å². The van der Waals surface area contributed by atoms with Crippen LogP contribution >= 0.6 is 0 Å². The largest absolute Gasteiger partial charge is 0.395 e. The smallest absolute Gasteiger partial charge is 0.353 e. The number of hydrogen-bond acceptors (Lipinski definition) is 5. The van der Waals surface area contributed by atoms with Gasteiger partial charge in [-0.05, 0) is 24.1 Å². The summed E-state index contributed by atoms with van der Waals surface area (Å²) in [5.74, 6) is -1.91. The van der Waals surface area contributed by atoms with Crippen molar-refractivity contribution >= 4 is 17.9 Å². The third kappa shape index (κ3) is 3.35. The molecule has 1 aromatic heterocycles. The number of nitrogens with zero attached hydrogens (tertiary/aromatic N) is 2. The van der Waals surface area contributed by atoms with Crippen molar-refractivity contribution in [3.8, 4) is 0 Å². The maximum atomic E-state index is 14.2. The minimum Gasteiger partial charge on any atom is -0.395 e. The second-order valence-electron chi connectivity index (χ2n) is 5.88. The van der Waals surface area contributed by atoms with Crippen LogP contribution in [0.15, 0.2) is 46.9 Å². The molecule has 1 heterocycles. The number of rotatable bonds is 5. The predicted molar refractivity (Wildman–Crippen MR) is 88.3 cm³/mol. The van der Waals surface area contributed by atoms with Gasteiger partial charge in [-0.2, -0.15) is 4.98 Å². The number of carbonyl (C=O) groups excluding carboxylic acids is 1. The summed E-state index contributed by atoms with van der Waals surface area (Å²) >= 11 is 0. The second-order valence-corrected chi connectivity index (χ2v) is 5.88. The molecule has 0 atom stereocenters. The van der Waals surface area contributed by atoms with Crippen LogP contribution in [0.1, 0.15) is 16.8 Å². The predicted octanol–water partition coefficient (Wildman–Crippen LogP) is 0.850. The highest BCUT2D eigenvalue weighted by atomic mass is 19.1. The van der Waals surface area contributed by atoms with Gasteiger partial charge in [0.25, 0.3) is 5.91 Å². The Balaban J connectivity index is 1.83. The van der Waals surface area contributed by atoms with Gasteiger partial charge in [0.2, 0.25) is 0 Å². The van der Waals surface area contributed by atoms with E-state index in [1.54, 1.807) is 30.3 Å². The van der Waals surface area contributed by atoms with Crippen LogP contribution < -0.4 is 11.0 Å². The molecule has 8 heteroatoms. The van der Waals surface area contributed by atoms with Crippen LogP contribution in [-0.4, -0.2) is 38.9 Å². The molecule has 1 fully saturated rings. The quantitative estimate of drug-likeness (QED) is 0.745. The zero-order valence-corrected chi connectivity index (χ0v) is 13.1. The first-order valence-electron chi connectivity index (χ1n) is 7.57. The van der Waals surface area contributed by atoms with Crippen molar-refractivity contribution in [2.45, 2.75) is 6.42 Å². The zero-order chi connectivity index (χ0) is 18.0. The molecule has 1 saturated carbocycles. The lowest BCUT2D eigenvalue weighted by Gasteiger charge is -2.07. The third-order valence-electron chi connectivity index (χ3n) is 4.16. The third-order valence-corrected chi connectivity index (χ3v) is 4.16. The van der Waals surface area contributed by atoms with E-state index in [2.05, 4.69) is 10.3 Å². The van der Waals surface area contributed by atoms with Gasteiger partial charge in [-0.15, -0.1) is 0 Å². The lowest BCUT2D eigenvalue weighted by Crippen LogP contribution is -2.24. The summed E-state index contributed by atoms with van der Waals surface area (Å²) in [4.78, 5) is 27.6. The first kappa shape index (κ1) is 17.0. The van der Waals surface area contributed by atoms with E-state index in [1.807, 2.05) is 0 Å². The van der Waals surface area contributed by atoms with E-state index in [-0.39, 0.29) is 13.2 Å². The maximum Gasteiger partial charge on any atom is 0.353 e. The van der Waals surface area contributed by atoms with Gasteiger partial charge in [-0.1, -0.05) is 18.2 Å². The number of halogens is 1. The van der Waals surface area contributed by atoms with Crippen LogP contribution in [0.4, 0.5) is 10.2 Å². The number of aromatic nitrogens is 2. The van der Waals surface area contributed by atoms with Crippen molar-refractivity contribution in [1.82, 2.24) is 9.55 Å². The summed E-state index contributed by atoms with van der Waals surface area (Å²) in [5.41, 5.74) is -0.602. The maximum absolute atomic E-state index is 14.2. The first-order chi connectivity index (χ1) is 12.0. The Bertz CT molecular complexity index is 889. The van der Waals surface area contributed by atoms with Crippen LogP contribution in [0.25, 0.3) is 6.20 Å². The van der Waals surface area contributed by atoms with Gasteiger partial charge in [0, 0.05) is 17.2 Å². The van der Waals surface area contributed by atoms with E-state index in [0.717, 1.165) is 10.8 Å². The summed E-state index contributed by atoms with van der Waals surface area (Å²) in [6.07, 6.45) is 2.66. The fraction of sp³-hybridized carbons (Fsp3) is 0.235. The van der Waals surface area contributed by atoms with Gasteiger partial charge in [0.1, 0.15) is 0 Å². The molecule has 0 radical (unpaired) electrons. The van der Waals surface area contributed by atoms with E-state index in [1.165, 1.54) is 6.20 Å². The summed E-state index contributed by atoms with van der Waals surface area (Å²) < 4.78 is 15.1. The highest BCUT2D eigenvalue weighted by Crippen LogP contribution is 2.51. The number of nitrogens with one attached hydrogen (secondary N) is 1. The number of anilines is 1. The van der Waals surface area contributed by atoms with Crippen molar-refractivity contribution in [2.75, 3.05) is 18.5 Å². The molecule has 7 nitrogen and oxygen atoms in total. The van der Waals surface area contributed by atoms with Crippen molar-refractivity contribution in [2.24, 2.45) is 5.41 Å². The highest BCUT2D eigenvalue weighted by Gasteiger charge is 2.48. The molecule has 0 bridgehead atoms. The second kappa shape index (κ2) is 6.58. The average molecular weight is 345 g/mol. The van der Waals surface area contributed by atoms with Crippen LogP contribution in [0.2, 0.25) is 0 Å². The molecule has 3 N–H and O–H groups in total. The molecule has 3 rings (SSSR count). The molecule has 0 aliphatic heterocycles. The molecule has 2 aromatic rings. The molecule has 130 valence electrons. The highest BCUT2D eigenvalue weighted by molar-refractivity contribution is 6.03. The van der Waals surface area contributed by atoms with E-state index in [4.69, 9.17) is 0 Å². The normalized spacial score (nSPS) is 16.7. The van der Waals surface area contributed by atoms with Crippen molar-refractivity contribution in [3.05, 3.63) is 64.0 Å². The number of hydrogen-bond donors (Lipinski definition) is 3. The molecule has 1 aliphatic carbocycles. The molecular formula is C17H16FN3O4. The van der Waals surface area contributed by atoms with Crippen LogP contribution in [0.3, 0.4) is 0 Å². The Morgan fingerprint density at radius 1 is 1.32 bits per heavy atom. The SMILES string of the molecule is O=C(Nc1nc(=O)n(/C=C2/CC2(CO)CO)cc1F)c1ccccc1. The number of amides is 1. The first-order valence-corrected chi connectivity index (χ1v) is 7.57. The number of aliphatic hydroxyl groups excluding tert-OH is 2. The lowest BCUT2D eigenvalue weighted by molar-refractivity contribution is 0.102. The van der Waals surface area contributed by atoms with Gasteiger partial charge >= 0.3 is 5.69 Å². The molecular weight excluding hydrogens is 329 g/mol. The Kier molecular flexibility index (Phi) is 4.47. The fourth-order valence-electron chi connectivity index (χ4n) is 2.43. The Morgan fingerprint density at radius 3 is 2.60 bits per heavy atom. The standard InChI is InChI=1S/C17H16FN3O4/c18-13-8-21(7-12-6-17(12,9-22)10-23)16(25)20-14(13)19-15(24)11-4-2-1-3-5-11/h1-5,7-8,22-23H,6,9-10H2,(H,19,20,24,25)/b12-7-. The molecule has 0 saturated heterocycles. The van der Waals surface area contributed by atoms with Gasteiger partial charge in [-0.3, -0.25) is 9.36 Å². The monoisotopic (exact) mass is 345 g/mol. The van der Waals surface area contributed by atoms with E-state index in [0.29, 0.717) is 17.6 Å². The summed E-state index contributed by atoms with van der Waals surface area (Å²) in [6, 6.07) is 8.16. The van der Waals surface area contributed by atoms with E-state index in [9.17, 15) is 24.2 Å². The van der Waals surface area contributed by atoms with Gasteiger partial charge in [-0.25, -0.2) is 9.18 Å². The van der Waals surface area contributed by atoms with Crippen molar-refractivity contribution in [3.63, 3.8) is 0 Å². The lowest BCUT2D eigenvalue weighted by atomic mass is 10.1. The van der Waals surface area contributed by atoms with Crippen LogP contribution in [0.5, 0.6) is 0 Å². The van der Waals surface area contributed by atoms with E-state index < -0.39 is 28.6 Å². The Hall–Kier alpha value is -2.84. The number of benzene rings is 1. The summed E-state index contributed by atoms with van der Waals surface area (Å²) in [5, 5.41) is 20.8. The molecule has 0 unspecified atom stereocenters. The van der Waals surface area contributed by atoms with Crippen LogP contribution in [-0.2, 0) is 0 Å².